The van der Waals surface area contributed by atoms with Gasteiger partial charge in [-0.2, -0.15) is 0 Å². The van der Waals surface area contributed by atoms with Gasteiger partial charge in [0.05, 0.1) is 55.1 Å². The lowest BCUT2D eigenvalue weighted by Crippen LogP contribution is -2.52. The maximum atomic E-state index is 13.9. The van der Waals surface area contributed by atoms with E-state index in [1.165, 1.54) is 7.11 Å². The molecule has 0 saturated carbocycles. The molecular weight excluding hydrogens is 761 g/mol. The lowest BCUT2D eigenvalue weighted by Gasteiger charge is -2.30. The zero-order valence-corrected chi connectivity index (χ0v) is 35.3. The summed E-state index contributed by atoms with van der Waals surface area (Å²) in [7, 11) is -0.458. The highest BCUT2D eigenvalue weighted by Gasteiger charge is 2.46. The van der Waals surface area contributed by atoms with Gasteiger partial charge in [0.2, 0.25) is 17.7 Å². The van der Waals surface area contributed by atoms with E-state index in [0.29, 0.717) is 12.7 Å². The zero-order chi connectivity index (χ0) is 40.8. The number of amides is 4. The largest absolute Gasteiger partial charge is 0.453 e. The van der Waals surface area contributed by atoms with Crippen LogP contribution in [-0.2, 0) is 19.1 Å². The van der Waals surface area contributed by atoms with Crippen molar-refractivity contribution in [2.24, 2.45) is 11.8 Å². The van der Waals surface area contributed by atoms with E-state index in [1.807, 2.05) is 44.9 Å². The number of carbonyl (C=O) groups excluding carboxylic acids is 4. The first kappa shape index (κ1) is 40.1. The molecule has 7 rings (SSSR count). The molecule has 3 aromatic heterocycles. The van der Waals surface area contributed by atoms with Gasteiger partial charge in [0, 0.05) is 23.0 Å². The van der Waals surface area contributed by atoms with Crippen LogP contribution in [0.15, 0.2) is 48.7 Å². The lowest BCUT2D eigenvalue weighted by molar-refractivity contribution is -0.139. The maximum Gasteiger partial charge on any atom is 0.407 e. The molecule has 4 atom stereocenters. The summed E-state index contributed by atoms with van der Waals surface area (Å²) in [6.07, 6.45) is 3.48. The Bertz CT molecular complexity index is 2320. The minimum atomic E-state index is -1.76. The predicted molar refractivity (Wildman–Crippen MR) is 223 cm³/mol. The Morgan fingerprint density at radius 3 is 2.37 bits per heavy atom. The molecule has 2 saturated heterocycles. The molecule has 5 heterocycles. The minimum absolute atomic E-state index is 0.115. The van der Waals surface area contributed by atoms with Crippen LogP contribution >= 0.6 is 11.3 Å². The van der Waals surface area contributed by atoms with Crippen LogP contribution in [0.25, 0.3) is 42.8 Å². The number of aliphatic hydroxyl groups excluding tert-OH is 1. The molecule has 5 aromatic rings. The molecule has 0 bridgehead atoms. The first-order chi connectivity index (χ1) is 27.2. The number of aromatic amines is 2. The van der Waals surface area contributed by atoms with Crippen LogP contribution in [0, 0.1) is 11.8 Å². The molecule has 302 valence electrons. The number of imidazole rings is 2. The molecule has 0 radical (unpaired) electrons. The average Bonchev–Trinajstić information content (AvgIpc) is 4.03. The fraction of sp³-hybridized carbons (Fsp3) is 0.463. The molecule has 2 aliphatic heterocycles. The van der Waals surface area contributed by atoms with Gasteiger partial charge in [0.25, 0.3) is 0 Å². The van der Waals surface area contributed by atoms with Crippen LogP contribution < -0.4 is 10.6 Å². The Morgan fingerprint density at radius 1 is 0.930 bits per heavy atom. The van der Waals surface area contributed by atoms with Crippen molar-refractivity contribution in [3.05, 3.63) is 60.3 Å². The number of hydrogen-bond donors (Lipinski definition) is 5. The van der Waals surface area contributed by atoms with Crippen molar-refractivity contribution in [3.63, 3.8) is 0 Å². The summed E-state index contributed by atoms with van der Waals surface area (Å²) in [6, 6.07) is 13.7. The van der Waals surface area contributed by atoms with E-state index >= 15 is 0 Å². The number of benzene rings is 2. The normalized spacial score (nSPS) is 19.1. The minimum Gasteiger partial charge on any atom is -0.453 e. The van der Waals surface area contributed by atoms with Crippen LogP contribution in [0.5, 0.6) is 0 Å². The van der Waals surface area contributed by atoms with Crippen molar-refractivity contribution in [2.75, 3.05) is 26.4 Å². The second-order valence-corrected chi connectivity index (χ2v) is 22.8. The molecule has 0 spiro atoms. The van der Waals surface area contributed by atoms with Crippen LogP contribution in [0.4, 0.5) is 4.79 Å². The van der Waals surface area contributed by atoms with Crippen molar-refractivity contribution in [1.29, 1.82) is 0 Å². The van der Waals surface area contributed by atoms with Gasteiger partial charge in [-0.3, -0.25) is 14.4 Å². The third kappa shape index (κ3) is 8.07. The number of rotatable bonds is 11. The van der Waals surface area contributed by atoms with E-state index in [4.69, 9.17) is 14.7 Å². The van der Waals surface area contributed by atoms with E-state index in [2.05, 4.69) is 70.1 Å². The summed E-state index contributed by atoms with van der Waals surface area (Å²) < 4.78 is 4.81. The fourth-order valence-corrected chi connectivity index (χ4v) is 12.1. The Hall–Kier alpha value is -5.06. The molecule has 5 N–H and O–H groups in total. The van der Waals surface area contributed by atoms with Crippen LogP contribution in [0.1, 0.15) is 64.3 Å². The number of hydrogen-bond acceptors (Lipinski definition) is 9. The number of ether oxygens (including phenoxy) is 1. The molecule has 16 heteroatoms. The number of thiophene rings is 1. The second kappa shape index (κ2) is 16.1. The molecule has 1 unspecified atom stereocenters. The van der Waals surface area contributed by atoms with Gasteiger partial charge >= 0.3 is 6.09 Å². The Balaban J connectivity index is 1.10. The summed E-state index contributed by atoms with van der Waals surface area (Å²) in [5, 5.41) is 16.8. The number of nitrogens with one attached hydrogen (secondary N) is 4. The summed E-state index contributed by atoms with van der Waals surface area (Å²) >= 11 is 1.66. The van der Waals surface area contributed by atoms with E-state index in [0.717, 1.165) is 73.4 Å². The van der Waals surface area contributed by atoms with Gasteiger partial charge in [-0.1, -0.05) is 59.0 Å². The Labute approximate surface area is 336 Å². The highest BCUT2D eigenvalue weighted by atomic mass is 32.1. The number of fused-ring (bicyclic) bond motifs is 3. The Morgan fingerprint density at radius 2 is 1.65 bits per heavy atom. The van der Waals surface area contributed by atoms with Crippen LogP contribution in [-0.4, -0.2) is 105 Å². The SMILES string of the molecule is COC(=O)N[C@H](C(=O)N1C[Si](C)(C)CC1c1ncc(-c2ccc(-c3ccc4c(ccc5[nH]c([C@@H]6CCCN6C(=O)[C@@H](NC(=O)CO)C(C)C)nc54)c3)s2)[nH]1)C(C)C. The maximum absolute atomic E-state index is 13.9. The third-order valence-corrected chi connectivity index (χ3v) is 15.0. The van der Waals surface area contributed by atoms with Gasteiger partial charge in [0.1, 0.15) is 30.3 Å². The zero-order valence-electron chi connectivity index (χ0n) is 33.5. The van der Waals surface area contributed by atoms with Crippen molar-refractivity contribution >= 4 is 65.0 Å². The quantitative estimate of drug-likeness (QED) is 0.0985. The second-order valence-electron chi connectivity index (χ2n) is 16.7. The third-order valence-electron chi connectivity index (χ3n) is 11.2. The molecule has 14 nitrogen and oxygen atoms in total. The monoisotopic (exact) mass is 812 g/mol. The van der Waals surface area contributed by atoms with Crippen molar-refractivity contribution in [1.82, 2.24) is 40.4 Å². The number of methoxy groups -OCH3 is 1. The van der Waals surface area contributed by atoms with E-state index in [9.17, 15) is 24.3 Å². The van der Waals surface area contributed by atoms with Crippen molar-refractivity contribution in [2.45, 2.75) is 83.8 Å². The van der Waals surface area contributed by atoms with Crippen LogP contribution in [0.3, 0.4) is 0 Å². The average molecular weight is 813 g/mol. The molecule has 0 aliphatic carbocycles. The number of carbonyl (C=O) groups is 4. The summed E-state index contributed by atoms with van der Waals surface area (Å²) in [4.78, 5) is 74.3. The van der Waals surface area contributed by atoms with E-state index in [-0.39, 0.29) is 35.7 Å². The van der Waals surface area contributed by atoms with Gasteiger partial charge in [0.15, 0.2) is 0 Å². The number of nitrogens with zero attached hydrogens (tertiary/aromatic N) is 4. The number of aromatic nitrogens is 4. The number of H-pyrrole nitrogens is 2. The van der Waals surface area contributed by atoms with Gasteiger partial charge < -0.3 is 40.2 Å². The summed E-state index contributed by atoms with van der Waals surface area (Å²) in [5.41, 5.74) is 3.68. The number of likely N-dealkylation sites (tertiary alicyclic amines) is 1. The van der Waals surface area contributed by atoms with E-state index in [1.54, 1.807) is 16.2 Å². The molecule has 2 fully saturated rings. The number of alkyl carbamates (subject to hydrolysis) is 1. The predicted octanol–water partition coefficient (Wildman–Crippen LogP) is 6.14. The summed E-state index contributed by atoms with van der Waals surface area (Å²) in [5.74, 6) is 0.355. The van der Waals surface area contributed by atoms with Crippen molar-refractivity contribution < 1.29 is 29.0 Å². The van der Waals surface area contributed by atoms with Gasteiger partial charge in [-0.15, -0.1) is 11.3 Å². The molecule has 4 amide bonds. The first-order valence-corrected chi connectivity index (χ1v) is 23.8. The smallest absolute Gasteiger partial charge is 0.407 e. The van der Waals surface area contributed by atoms with E-state index < -0.39 is 38.8 Å². The van der Waals surface area contributed by atoms with Crippen LogP contribution in [0.2, 0.25) is 19.1 Å². The molecular formula is C41H52N8O6SSi. The van der Waals surface area contributed by atoms with Crippen molar-refractivity contribution in [3.8, 4) is 21.0 Å². The van der Waals surface area contributed by atoms with Gasteiger partial charge in [-0.05, 0) is 65.9 Å². The Kier molecular flexibility index (Phi) is 11.3. The first-order valence-electron chi connectivity index (χ1n) is 19.6. The topological polar surface area (TPSA) is 186 Å². The number of aliphatic hydroxyl groups is 1. The molecule has 2 aliphatic rings. The molecule has 2 aromatic carbocycles. The summed E-state index contributed by atoms with van der Waals surface area (Å²) in [6.45, 7) is 12.1. The highest BCUT2D eigenvalue weighted by Crippen LogP contribution is 2.41. The highest BCUT2D eigenvalue weighted by molar-refractivity contribution is 7.18. The van der Waals surface area contributed by atoms with Gasteiger partial charge in [-0.25, -0.2) is 14.8 Å². The fourth-order valence-electron chi connectivity index (χ4n) is 8.25. The molecule has 57 heavy (non-hydrogen) atoms. The lowest BCUT2D eigenvalue weighted by atomic mass is 10.0. The standard InChI is InChI=1S/C41H52N8O6SSi/c1-22(2)34(45-33(51)19-50)39(52)48-16-8-9-29(48)38-43-27-13-11-24-17-25(10-12-26(24)36(27)46-38)31-14-15-32(56-31)28-18-42-37(44-28)30-20-57(6,7)21-49(30)40(53)35(23(3)4)47-41(54)55-5/h10-15,17-18,22-23,29-30,34-35,50H,8-9,16,19-21H2,1-7H3,(H,42,44)(H,43,46)(H,45,51)(H,47,54)/t29-,30?,34-,35-/m0/s1.